The van der Waals surface area contributed by atoms with Crippen molar-refractivity contribution >= 4 is 11.6 Å². The van der Waals surface area contributed by atoms with Gasteiger partial charge in [0.15, 0.2) is 0 Å². The fourth-order valence-corrected chi connectivity index (χ4v) is 1.90. The molecule has 86 valence electrons. The predicted molar refractivity (Wildman–Crippen MR) is 66.9 cm³/mol. The van der Waals surface area contributed by atoms with Crippen LogP contribution in [0.15, 0.2) is 24.5 Å². The van der Waals surface area contributed by atoms with Crippen molar-refractivity contribution in [2.24, 2.45) is 0 Å². The molecule has 4 nitrogen and oxygen atoms in total. The van der Waals surface area contributed by atoms with Crippen LogP contribution in [-0.2, 0) is 0 Å². The van der Waals surface area contributed by atoms with Crippen LogP contribution in [0.4, 0.5) is 11.6 Å². The number of piperidine rings is 1. The van der Waals surface area contributed by atoms with E-state index >= 15 is 0 Å². The van der Waals surface area contributed by atoms with Gasteiger partial charge < -0.3 is 9.80 Å². The highest BCUT2D eigenvalue weighted by molar-refractivity contribution is 5.50. The van der Waals surface area contributed by atoms with Crippen LogP contribution >= 0.6 is 0 Å². The summed E-state index contributed by atoms with van der Waals surface area (Å²) in [6.45, 7) is 6.03. The lowest BCUT2D eigenvalue weighted by atomic mass is 10.1. The van der Waals surface area contributed by atoms with E-state index in [1.54, 1.807) is 6.33 Å². The van der Waals surface area contributed by atoms with Gasteiger partial charge in [-0.15, -0.1) is 0 Å². The number of hydrogen-bond acceptors (Lipinski definition) is 4. The number of aromatic nitrogens is 2. The summed E-state index contributed by atoms with van der Waals surface area (Å²) >= 11 is 0. The molecule has 1 aliphatic rings. The molecule has 16 heavy (non-hydrogen) atoms. The third-order valence-electron chi connectivity index (χ3n) is 2.79. The zero-order valence-electron chi connectivity index (χ0n) is 9.98. The van der Waals surface area contributed by atoms with Crippen molar-refractivity contribution in [1.29, 1.82) is 0 Å². The maximum Gasteiger partial charge on any atom is 0.134 e. The van der Waals surface area contributed by atoms with Crippen molar-refractivity contribution in [2.75, 3.05) is 37.0 Å². The Balaban J connectivity index is 2.19. The fourth-order valence-electron chi connectivity index (χ4n) is 1.90. The molecule has 4 heteroatoms. The molecule has 0 bridgehead atoms. The van der Waals surface area contributed by atoms with E-state index in [1.165, 1.54) is 12.0 Å². The van der Waals surface area contributed by atoms with E-state index in [-0.39, 0.29) is 0 Å². The molecule has 1 aromatic heterocycles. The maximum absolute atomic E-state index is 4.33. The first-order valence-electron chi connectivity index (χ1n) is 5.58. The van der Waals surface area contributed by atoms with E-state index < -0.39 is 0 Å². The monoisotopic (exact) mass is 218 g/mol. The van der Waals surface area contributed by atoms with Gasteiger partial charge in [-0.2, -0.15) is 0 Å². The van der Waals surface area contributed by atoms with E-state index in [1.807, 2.05) is 25.1 Å². The second-order valence-corrected chi connectivity index (χ2v) is 4.40. The second kappa shape index (κ2) is 4.51. The quantitative estimate of drug-likeness (QED) is 0.707. The van der Waals surface area contributed by atoms with Gasteiger partial charge in [0.25, 0.3) is 0 Å². The molecule has 1 saturated heterocycles. The van der Waals surface area contributed by atoms with Gasteiger partial charge in [0, 0.05) is 33.3 Å². The Bertz CT molecular complexity index is 386. The smallest absolute Gasteiger partial charge is 0.134 e. The van der Waals surface area contributed by atoms with Crippen molar-refractivity contribution in [3.63, 3.8) is 0 Å². The van der Waals surface area contributed by atoms with Gasteiger partial charge in [0.05, 0.1) is 0 Å². The van der Waals surface area contributed by atoms with Gasteiger partial charge in [0.1, 0.15) is 18.0 Å². The van der Waals surface area contributed by atoms with Crippen molar-refractivity contribution in [3.8, 4) is 0 Å². The van der Waals surface area contributed by atoms with Gasteiger partial charge in [-0.05, 0) is 12.8 Å². The Morgan fingerprint density at radius 3 is 2.88 bits per heavy atom. The zero-order valence-corrected chi connectivity index (χ0v) is 9.98. The maximum atomic E-state index is 4.33. The molecule has 1 aliphatic heterocycles. The third kappa shape index (κ3) is 2.32. The lowest BCUT2D eigenvalue weighted by molar-refractivity contribution is 0.671. The van der Waals surface area contributed by atoms with Crippen molar-refractivity contribution in [1.82, 2.24) is 9.97 Å². The van der Waals surface area contributed by atoms with E-state index in [0.29, 0.717) is 0 Å². The van der Waals surface area contributed by atoms with Gasteiger partial charge >= 0.3 is 0 Å². The molecule has 0 atom stereocenters. The normalized spacial score (nSPS) is 16.4. The Kier molecular flexibility index (Phi) is 3.08. The van der Waals surface area contributed by atoms with Crippen LogP contribution in [0, 0.1) is 0 Å². The summed E-state index contributed by atoms with van der Waals surface area (Å²) in [5.41, 5.74) is 1.29. The van der Waals surface area contributed by atoms with Crippen molar-refractivity contribution < 1.29 is 0 Å². The Morgan fingerprint density at radius 2 is 2.19 bits per heavy atom. The summed E-state index contributed by atoms with van der Waals surface area (Å²) < 4.78 is 0. The number of anilines is 2. The largest absolute Gasteiger partial charge is 0.363 e. The highest BCUT2D eigenvalue weighted by atomic mass is 15.2. The van der Waals surface area contributed by atoms with Crippen LogP contribution in [-0.4, -0.2) is 37.2 Å². The minimum atomic E-state index is 0.921. The number of rotatable bonds is 2. The Hall–Kier alpha value is -1.58. The van der Waals surface area contributed by atoms with Gasteiger partial charge in [-0.3, -0.25) is 0 Å². The summed E-state index contributed by atoms with van der Waals surface area (Å²) in [4.78, 5) is 12.8. The molecule has 0 spiro atoms. The van der Waals surface area contributed by atoms with Crippen LogP contribution in [0.3, 0.4) is 0 Å². The first-order chi connectivity index (χ1) is 7.66. The zero-order chi connectivity index (χ0) is 11.5. The van der Waals surface area contributed by atoms with Crippen LogP contribution < -0.4 is 9.80 Å². The summed E-state index contributed by atoms with van der Waals surface area (Å²) in [7, 11) is 3.97. The topological polar surface area (TPSA) is 32.3 Å². The molecule has 0 aromatic carbocycles. The van der Waals surface area contributed by atoms with Crippen molar-refractivity contribution in [2.45, 2.75) is 12.8 Å². The SMILES string of the molecule is C=C1CCCN(c2cc(N(C)C)ncn2)C1. The Morgan fingerprint density at radius 1 is 1.38 bits per heavy atom. The molecule has 0 radical (unpaired) electrons. The number of nitrogens with zero attached hydrogens (tertiary/aromatic N) is 4. The molecule has 0 unspecified atom stereocenters. The summed E-state index contributed by atoms with van der Waals surface area (Å²) in [5.74, 6) is 1.95. The van der Waals surface area contributed by atoms with Gasteiger partial charge in [-0.25, -0.2) is 9.97 Å². The molecular formula is C12H18N4. The highest BCUT2D eigenvalue weighted by Crippen LogP contribution is 2.21. The van der Waals surface area contributed by atoms with Crippen LogP contribution in [0.25, 0.3) is 0 Å². The molecular weight excluding hydrogens is 200 g/mol. The highest BCUT2D eigenvalue weighted by Gasteiger charge is 2.15. The molecule has 1 aromatic rings. The van der Waals surface area contributed by atoms with E-state index in [9.17, 15) is 0 Å². The standard InChI is InChI=1S/C12H18N4/c1-10-5-4-6-16(8-10)12-7-11(15(2)3)13-9-14-12/h7,9H,1,4-6,8H2,2-3H3. The lowest BCUT2D eigenvalue weighted by Crippen LogP contribution is -2.31. The first kappa shape index (κ1) is 10.9. The Labute approximate surface area is 96.6 Å². The molecule has 0 amide bonds. The fraction of sp³-hybridized carbons (Fsp3) is 0.500. The average molecular weight is 218 g/mol. The molecule has 0 saturated carbocycles. The minimum absolute atomic E-state index is 0.921. The second-order valence-electron chi connectivity index (χ2n) is 4.40. The summed E-state index contributed by atoms with van der Waals surface area (Å²) in [5, 5.41) is 0. The van der Waals surface area contributed by atoms with E-state index in [0.717, 1.165) is 31.1 Å². The molecule has 0 N–H and O–H groups in total. The van der Waals surface area contributed by atoms with E-state index in [2.05, 4.69) is 21.4 Å². The van der Waals surface area contributed by atoms with Gasteiger partial charge in [0.2, 0.25) is 0 Å². The summed E-state index contributed by atoms with van der Waals surface area (Å²) in [6.07, 6.45) is 3.93. The number of hydrogen-bond donors (Lipinski definition) is 0. The van der Waals surface area contributed by atoms with Crippen LogP contribution in [0.2, 0.25) is 0 Å². The molecule has 2 heterocycles. The predicted octanol–water partition coefficient (Wildman–Crippen LogP) is 1.70. The van der Waals surface area contributed by atoms with Crippen molar-refractivity contribution in [3.05, 3.63) is 24.5 Å². The van der Waals surface area contributed by atoms with Crippen LogP contribution in [0.5, 0.6) is 0 Å². The van der Waals surface area contributed by atoms with Gasteiger partial charge in [-0.1, -0.05) is 12.2 Å². The minimum Gasteiger partial charge on any atom is -0.363 e. The van der Waals surface area contributed by atoms with E-state index in [4.69, 9.17) is 0 Å². The summed E-state index contributed by atoms with van der Waals surface area (Å²) in [6, 6.07) is 2.03. The average Bonchev–Trinajstić information content (AvgIpc) is 2.29. The first-order valence-corrected chi connectivity index (χ1v) is 5.58. The van der Waals surface area contributed by atoms with Crippen LogP contribution in [0.1, 0.15) is 12.8 Å². The molecule has 1 fully saturated rings. The third-order valence-corrected chi connectivity index (χ3v) is 2.79. The molecule has 2 rings (SSSR count). The lowest BCUT2D eigenvalue weighted by Gasteiger charge is -2.29. The molecule has 0 aliphatic carbocycles.